The quantitative estimate of drug-likeness (QED) is 0.196. The van der Waals surface area contributed by atoms with Crippen molar-refractivity contribution in [3.63, 3.8) is 0 Å². The molecule has 2 unspecified atom stereocenters. The molecule has 9 rings (SSSR count). The fraction of sp³-hybridized carbons (Fsp3) is 0.467. The van der Waals surface area contributed by atoms with Gasteiger partial charge in [0.15, 0.2) is 17.7 Å². The third-order valence-electron chi connectivity index (χ3n) is 13.2. The van der Waals surface area contributed by atoms with Gasteiger partial charge in [-0.05, 0) is 118 Å². The lowest BCUT2D eigenvalue weighted by Gasteiger charge is -2.38. The number of carbonyl (C=O) groups is 4. The molecule has 4 aromatic rings. The number of amides is 4. The summed E-state index contributed by atoms with van der Waals surface area (Å²) in [5, 5.41) is 35.6. The number of aliphatic hydroxyl groups excluding tert-OH is 1. The first-order valence-corrected chi connectivity index (χ1v) is 21.5. The zero-order chi connectivity index (χ0) is 42.0. The van der Waals surface area contributed by atoms with E-state index in [1.807, 2.05) is 36.4 Å². The zero-order valence-electron chi connectivity index (χ0n) is 34.0. The molecule has 5 aliphatic rings. The molecule has 316 valence electrons. The molecule has 4 aliphatic heterocycles. The van der Waals surface area contributed by atoms with Crippen molar-refractivity contribution in [2.24, 2.45) is 5.92 Å². The number of ether oxygens (including phenoxy) is 1. The molecule has 1 saturated carbocycles. The number of fused-ring (bicyclic) bond motifs is 2. The van der Waals surface area contributed by atoms with E-state index in [0.29, 0.717) is 33.8 Å². The van der Waals surface area contributed by atoms with Crippen molar-refractivity contribution in [2.45, 2.75) is 82.2 Å². The van der Waals surface area contributed by atoms with Gasteiger partial charge in [-0.2, -0.15) is 5.26 Å². The second-order valence-corrected chi connectivity index (χ2v) is 16.8. The molecule has 3 saturated heterocycles. The number of anilines is 2. The van der Waals surface area contributed by atoms with Crippen LogP contribution in [-0.4, -0.2) is 118 Å². The molecule has 0 spiro atoms. The highest BCUT2D eigenvalue weighted by atomic mass is 16.5. The van der Waals surface area contributed by atoms with Crippen molar-refractivity contribution < 1.29 is 29.0 Å². The van der Waals surface area contributed by atoms with Gasteiger partial charge in [-0.1, -0.05) is 0 Å². The molecular formula is C45H50N10O6. The molecule has 2 aromatic carbocycles. The van der Waals surface area contributed by atoms with Crippen LogP contribution in [0.1, 0.15) is 96.0 Å². The van der Waals surface area contributed by atoms with Crippen molar-refractivity contribution in [3.8, 4) is 11.8 Å². The van der Waals surface area contributed by atoms with Crippen LogP contribution in [0.15, 0.2) is 60.8 Å². The Bertz CT molecular complexity index is 2350. The Balaban J connectivity index is 0.684. The fourth-order valence-corrected chi connectivity index (χ4v) is 9.58. The van der Waals surface area contributed by atoms with Gasteiger partial charge in [0.2, 0.25) is 11.8 Å². The largest absolute Gasteiger partial charge is 0.490 e. The van der Waals surface area contributed by atoms with Gasteiger partial charge in [0.25, 0.3) is 11.8 Å². The van der Waals surface area contributed by atoms with Gasteiger partial charge in [0.05, 0.1) is 17.2 Å². The standard InChI is InChI=1S/C45H50N10O6/c46-27-29-3-12-38(34-2-1-18-47-41(29)34)61-32-7-4-30(5-8-32)48-42(57)36-10-13-39(51-50-36)54-20-16-28(17-21-54)15-19-52-22-24-53(25-23-52)31-6-9-33-35(26-31)45(60)55(44(33)59)37-11-14-40(56)49-43(37)58/h1-3,6,9-10,12-13,18,26,28,30,32,37,45,60H,4-5,7-8,11,14-17,19-25H2,(H,48,57)(H,49,56,58). The summed E-state index contributed by atoms with van der Waals surface area (Å²) in [5.41, 5.74) is 3.31. The van der Waals surface area contributed by atoms with Gasteiger partial charge in [0.1, 0.15) is 17.9 Å². The summed E-state index contributed by atoms with van der Waals surface area (Å²) in [6.07, 6.45) is 7.24. The van der Waals surface area contributed by atoms with Gasteiger partial charge in [-0.15, -0.1) is 10.2 Å². The lowest BCUT2D eigenvalue weighted by atomic mass is 9.92. The predicted molar refractivity (Wildman–Crippen MR) is 225 cm³/mol. The van der Waals surface area contributed by atoms with Crippen molar-refractivity contribution in [1.82, 2.24) is 35.6 Å². The Kier molecular flexibility index (Phi) is 11.5. The summed E-state index contributed by atoms with van der Waals surface area (Å²) in [5.74, 6) is 0.622. The maximum Gasteiger partial charge on any atom is 0.272 e. The number of piperidine rings is 2. The molecule has 2 aromatic heterocycles. The van der Waals surface area contributed by atoms with Crippen molar-refractivity contribution in [2.75, 3.05) is 55.6 Å². The summed E-state index contributed by atoms with van der Waals surface area (Å²) >= 11 is 0. The number of nitrogens with zero attached hydrogens (tertiary/aromatic N) is 8. The minimum atomic E-state index is -1.23. The highest BCUT2D eigenvalue weighted by Gasteiger charge is 2.44. The van der Waals surface area contributed by atoms with Gasteiger partial charge in [-0.25, -0.2) is 0 Å². The van der Waals surface area contributed by atoms with E-state index in [9.17, 15) is 29.5 Å². The molecule has 3 N–H and O–H groups in total. The number of imide groups is 1. The first-order chi connectivity index (χ1) is 29.7. The number of nitriles is 1. The smallest absolute Gasteiger partial charge is 0.272 e. The van der Waals surface area contributed by atoms with Crippen molar-refractivity contribution in [1.29, 1.82) is 5.26 Å². The monoisotopic (exact) mass is 826 g/mol. The Morgan fingerprint density at radius 2 is 1.70 bits per heavy atom. The number of hydrogen-bond donors (Lipinski definition) is 3. The summed E-state index contributed by atoms with van der Waals surface area (Å²) in [7, 11) is 0. The second kappa shape index (κ2) is 17.4. The number of hydrogen-bond acceptors (Lipinski definition) is 13. The minimum Gasteiger partial charge on any atom is -0.490 e. The number of benzene rings is 2. The normalized spacial score (nSPS) is 23.7. The van der Waals surface area contributed by atoms with Crippen molar-refractivity contribution in [3.05, 3.63) is 83.2 Å². The Morgan fingerprint density at radius 1 is 0.902 bits per heavy atom. The zero-order valence-corrected chi connectivity index (χ0v) is 34.0. The number of pyridine rings is 1. The van der Waals surface area contributed by atoms with E-state index in [-0.39, 0.29) is 36.8 Å². The molecule has 4 amide bonds. The van der Waals surface area contributed by atoms with Crippen LogP contribution in [0.25, 0.3) is 10.9 Å². The maximum absolute atomic E-state index is 13.2. The van der Waals surface area contributed by atoms with Crippen molar-refractivity contribution >= 4 is 46.0 Å². The lowest BCUT2D eigenvalue weighted by molar-refractivity contribution is -0.139. The van der Waals surface area contributed by atoms with Gasteiger partial charge in [0, 0.05) is 80.1 Å². The minimum absolute atomic E-state index is 0.0169. The molecule has 0 radical (unpaired) electrons. The van der Waals surface area contributed by atoms with Gasteiger partial charge >= 0.3 is 0 Å². The highest BCUT2D eigenvalue weighted by Crippen LogP contribution is 2.38. The van der Waals surface area contributed by atoms with Crippen LogP contribution in [0, 0.1) is 17.2 Å². The van der Waals surface area contributed by atoms with Gasteiger partial charge in [-0.3, -0.25) is 39.3 Å². The molecule has 6 heterocycles. The second-order valence-electron chi connectivity index (χ2n) is 16.8. The summed E-state index contributed by atoms with van der Waals surface area (Å²) in [4.78, 5) is 63.0. The average Bonchev–Trinajstić information content (AvgIpc) is 3.54. The molecule has 16 heteroatoms. The van der Waals surface area contributed by atoms with E-state index >= 15 is 0 Å². The van der Waals surface area contributed by atoms with Crippen LogP contribution in [0.5, 0.6) is 5.75 Å². The van der Waals surface area contributed by atoms with Crippen LogP contribution in [-0.2, 0) is 9.59 Å². The number of carbonyl (C=O) groups excluding carboxylic acids is 4. The SMILES string of the molecule is N#Cc1ccc(OC2CCC(NC(=O)c3ccc(N4CCC(CCN5CCN(c6ccc7c(c6)C(O)N(C6CCC(=O)NC6=O)C7=O)CC5)CC4)nn3)CC2)c2cccnc12. The summed E-state index contributed by atoms with van der Waals surface area (Å²) < 4.78 is 6.36. The third kappa shape index (κ3) is 8.44. The summed E-state index contributed by atoms with van der Waals surface area (Å²) in [6, 6.07) is 17.9. The predicted octanol–water partition coefficient (Wildman–Crippen LogP) is 3.70. The van der Waals surface area contributed by atoms with E-state index in [2.05, 4.69) is 46.6 Å². The molecule has 61 heavy (non-hydrogen) atoms. The Hall–Kier alpha value is -6.18. The molecule has 2 atom stereocenters. The van der Waals surface area contributed by atoms with E-state index in [1.165, 1.54) is 4.90 Å². The van der Waals surface area contributed by atoms with Crippen LogP contribution < -0.4 is 25.2 Å². The highest BCUT2D eigenvalue weighted by molar-refractivity contribution is 6.06. The topological polar surface area (TPSA) is 197 Å². The number of aromatic nitrogens is 3. The molecule has 4 fully saturated rings. The average molecular weight is 827 g/mol. The first-order valence-electron chi connectivity index (χ1n) is 21.5. The van der Waals surface area contributed by atoms with Gasteiger partial charge < -0.3 is 25.0 Å². The maximum atomic E-state index is 13.2. The number of nitrogens with one attached hydrogen (secondary N) is 2. The van der Waals surface area contributed by atoms with Crippen LogP contribution in [0.3, 0.4) is 0 Å². The van der Waals surface area contributed by atoms with Crippen LogP contribution >= 0.6 is 0 Å². The number of piperazine rings is 1. The number of aliphatic hydroxyl groups is 1. The van der Waals surface area contributed by atoms with Crippen LogP contribution in [0.2, 0.25) is 0 Å². The summed E-state index contributed by atoms with van der Waals surface area (Å²) in [6.45, 7) is 6.32. The first kappa shape index (κ1) is 40.2. The van der Waals surface area contributed by atoms with Crippen LogP contribution in [0.4, 0.5) is 11.5 Å². The Morgan fingerprint density at radius 3 is 2.44 bits per heavy atom. The lowest BCUT2D eigenvalue weighted by Crippen LogP contribution is -2.53. The molecule has 0 bridgehead atoms. The third-order valence-corrected chi connectivity index (χ3v) is 13.2. The van der Waals surface area contributed by atoms with E-state index in [4.69, 9.17) is 4.74 Å². The number of rotatable bonds is 10. The molecular weight excluding hydrogens is 777 g/mol. The van der Waals surface area contributed by atoms with E-state index in [1.54, 1.807) is 24.4 Å². The van der Waals surface area contributed by atoms with E-state index in [0.717, 1.165) is 113 Å². The Labute approximate surface area is 353 Å². The molecule has 16 nitrogen and oxygen atoms in total. The fourth-order valence-electron chi connectivity index (χ4n) is 9.58. The molecule has 1 aliphatic carbocycles. The van der Waals surface area contributed by atoms with E-state index < -0.39 is 24.1 Å².